The van der Waals surface area contributed by atoms with Crippen LogP contribution in [0, 0.1) is 12.3 Å². The quantitative estimate of drug-likeness (QED) is 0.843. The molecule has 15 heavy (non-hydrogen) atoms. The predicted octanol–water partition coefficient (Wildman–Crippen LogP) is 1.28. The first kappa shape index (κ1) is 10.8. The summed E-state index contributed by atoms with van der Waals surface area (Å²) in [6.45, 7) is 7.54. The second-order valence-corrected chi connectivity index (χ2v) is 5.37. The first-order valence-corrected chi connectivity index (χ1v) is 6.10. The van der Waals surface area contributed by atoms with Gasteiger partial charge in [-0.2, -0.15) is 4.37 Å². The largest absolute Gasteiger partial charge is 0.346 e. The van der Waals surface area contributed by atoms with E-state index in [-0.39, 0.29) is 0 Å². The SMILES string of the molecule is CNCC1(C)CCN(c2nc(C)ns2)C1. The molecule has 1 saturated heterocycles. The summed E-state index contributed by atoms with van der Waals surface area (Å²) in [5, 5.41) is 4.34. The minimum atomic E-state index is 0.383. The van der Waals surface area contributed by atoms with E-state index in [1.165, 1.54) is 18.0 Å². The zero-order chi connectivity index (χ0) is 10.9. The van der Waals surface area contributed by atoms with Crippen LogP contribution in [0.15, 0.2) is 0 Å². The summed E-state index contributed by atoms with van der Waals surface area (Å²) in [7, 11) is 2.02. The highest BCUT2D eigenvalue weighted by atomic mass is 32.1. The van der Waals surface area contributed by atoms with Gasteiger partial charge in [0.05, 0.1) is 0 Å². The van der Waals surface area contributed by atoms with Gasteiger partial charge in [-0.1, -0.05) is 6.92 Å². The second kappa shape index (κ2) is 4.06. The van der Waals surface area contributed by atoms with Crippen LogP contribution in [0.2, 0.25) is 0 Å². The molecule has 0 saturated carbocycles. The third-order valence-corrected chi connectivity index (χ3v) is 3.82. The molecule has 0 aliphatic carbocycles. The molecular formula is C10H18N4S. The van der Waals surface area contributed by atoms with Gasteiger partial charge in [0.15, 0.2) is 0 Å². The summed E-state index contributed by atoms with van der Waals surface area (Å²) >= 11 is 1.51. The molecule has 1 unspecified atom stereocenters. The fourth-order valence-electron chi connectivity index (χ4n) is 2.17. The van der Waals surface area contributed by atoms with Crippen LogP contribution in [-0.2, 0) is 0 Å². The molecule has 5 heteroatoms. The van der Waals surface area contributed by atoms with Crippen molar-refractivity contribution in [3.8, 4) is 0 Å². The number of nitrogens with zero attached hydrogens (tertiary/aromatic N) is 3. The van der Waals surface area contributed by atoms with Gasteiger partial charge in [-0.05, 0) is 25.8 Å². The molecule has 0 aromatic carbocycles. The van der Waals surface area contributed by atoms with Crippen molar-refractivity contribution in [1.82, 2.24) is 14.7 Å². The van der Waals surface area contributed by atoms with E-state index in [9.17, 15) is 0 Å². The van der Waals surface area contributed by atoms with Crippen molar-refractivity contribution >= 4 is 16.7 Å². The van der Waals surface area contributed by atoms with Crippen molar-refractivity contribution < 1.29 is 0 Å². The molecule has 84 valence electrons. The maximum atomic E-state index is 4.43. The average Bonchev–Trinajstić information content (AvgIpc) is 2.73. The summed E-state index contributed by atoms with van der Waals surface area (Å²) in [6, 6.07) is 0. The molecule has 0 radical (unpaired) electrons. The molecule has 0 spiro atoms. The highest BCUT2D eigenvalue weighted by Crippen LogP contribution is 2.33. The van der Waals surface area contributed by atoms with Gasteiger partial charge < -0.3 is 10.2 Å². The zero-order valence-electron chi connectivity index (χ0n) is 9.58. The Morgan fingerprint density at radius 3 is 3.00 bits per heavy atom. The van der Waals surface area contributed by atoms with E-state index in [0.717, 1.165) is 30.6 Å². The summed E-state index contributed by atoms with van der Waals surface area (Å²) in [4.78, 5) is 6.78. The van der Waals surface area contributed by atoms with Crippen molar-refractivity contribution in [3.63, 3.8) is 0 Å². The molecule has 0 bridgehead atoms. The van der Waals surface area contributed by atoms with Gasteiger partial charge >= 0.3 is 0 Å². The first-order valence-electron chi connectivity index (χ1n) is 5.33. The first-order chi connectivity index (χ1) is 7.13. The van der Waals surface area contributed by atoms with Gasteiger partial charge in [0.2, 0.25) is 5.13 Å². The van der Waals surface area contributed by atoms with Gasteiger partial charge in [0.1, 0.15) is 5.82 Å². The summed E-state index contributed by atoms with van der Waals surface area (Å²) in [5.74, 6) is 0.886. The molecule has 4 nitrogen and oxygen atoms in total. The van der Waals surface area contributed by atoms with Crippen LogP contribution in [0.1, 0.15) is 19.2 Å². The third-order valence-electron chi connectivity index (χ3n) is 2.95. The van der Waals surface area contributed by atoms with Crippen LogP contribution >= 0.6 is 11.5 Å². The Balaban J connectivity index is 2.03. The Morgan fingerprint density at radius 1 is 1.60 bits per heavy atom. The number of hydrogen-bond donors (Lipinski definition) is 1. The number of aryl methyl sites for hydroxylation is 1. The van der Waals surface area contributed by atoms with Crippen molar-refractivity contribution in [2.24, 2.45) is 5.41 Å². The van der Waals surface area contributed by atoms with E-state index in [4.69, 9.17) is 0 Å². The lowest BCUT2D eigenvalue weighted by molar-refractivity contribution is 0.356. The number of aromatic nitrogens is 2. The van der Waals surface area contributed by atoms with Gasteiger partial charge in [0, 0.05) is 31.2 Å². The van der Waals surface area contributed by atoms with Crippen molar-refractivity contribution in [3.05, 3.63) is 5.82 Å². The van der Waals surface area contributed by atoms with E-state index in [2.05, 4.69) is 26.5 Å². The Morgan fingerprint density at radius 2 is 2.40 bits per heavy atom. The Bertz CT molecular complexity index is 338. The van der Waals surface area contributed by atoms with Gasteiger partial charge in [-0.15, -0.1) is 0 Å². The van der Waals surface area contributed by atoms with Crippen LogP contribution in [-0.4, -0.2) is 36.0 Å². The Hall–Kier alpha value is -0.680. The maximum Gasteiger partial charge on any atom is 0.205 e. The molecule has 2 rings (SSSR count). The normalized spacial score (nSPS) is 26.2. The van der Waals surface area contributed by atoms with E-state index < -0.39 is 0 Å². The number of hydrogen-bond acceptors (Lipinski definition) is 5. The van der Waals surface area contributed by atoms with Crippen LogP contribution in [0.3, 0.4) is 0 Å². The second-order valence-electron chi connectivity index (χ2n) is 4.64. The number of rotatable bonds is 3. The van der Waals surface area contributed by atoms with Crippen LogP contribution < -0.4 is 10.2 Å². The molecule has 1 N–H and O–H groups in total. The predicted molar refractivity (Wildman–Crippen MR) is 63.5 cm³/mol. The van der Waals surface area contributed by atoms with Crippen LogP contribution in [0.25, 0.3) is 0 Å². The molecule has 0 amide bonds. The average molecular weight is 226 g/mol. The fraction of sp³-hybridized carbons (Fsp3) is 0.800. The highest BCUT2D eigenvalue weighted by Gasteiger charge is 2.34. The lowest BCUT2D eigenvalue weighted by atomic mass is 9.90. The van der Waals surface area contributed by atoms with Crippen LogP contribution in [0.4, 0.5) is 5.13 Å². The van der Waals surface area contributed by atoms with Gasteiger partial charge in [0.25, 0.3) is 0 Å². The van der Waals surface area contributed by atoms with Crippen molar-refractivity contribution in [2.75, 3.05) is 31.6 Å². The molecule has 1 fully saturated rings. The van der Waals surface area contributed by atoms with E-state index in [1.54, 1.807) is 0 Å². The fourth-order valence-corrected chi connectivity index (χ4v) is 2.87. The van der Waals surface area contributed by atoms with Crippen molar-refractivity contribution in [2.45, 2.75) is 20.3 Å². The summed E-state index contributed by atoms with van der Waals surface area (Å²) in [6.07, 6.45) is 1.23. The van der Waals surface area contributed by atoms with Gasteiger partial charge in [-0.3, -0.25) is 0 Å². The topological polar surface area (TPSA) is 41.0 Å². The summed E-state index contributed by atoms with van der Waals surface area (Å²) < 4.78 is 4.23. The summed E-state index contributed by atoms with van der Waals surface area (Å²) in [5.41, 5.74) is 0.383. The minimum absolute atomic E-state index is 0.383. The van der Waals surface area contributed by atoms with E-state index in [1.807, 2.05) is 14.0 Å². The van der Waals surface area contributed by atoms with Gasteiger partial charge in [-0.25, -0.2) is 4.98 Å². The minimum Gasteiger partial charge on any atom is -0.346 e. The van der Waals surface area contributed by atoms with E-state index >= 15 is 0 Å². The molecule has 1 aromatic heterocycles. The Kier molecular flexibility index (Phi) is 2.93. The lowest BCUT2D eigenvalue weighted by Crippen LogP contribution is -2.33. The highest BCUT2D eigenvalue weighted by molar-refractivity contribution is 7.09. The molecule has 1 aliphatic heterocycles. The van der Waals surface area contributed by atoms with E-state index in [0.29, 0.717) is 5.41 Å². The van der Waals surface area contributed by atoms with Crippen LogP contribution in [0.5, 0.6) is 0 Å². The molecule has 1 aromatic rings. The number of nitrogens with one attached hydrogen (secondary N) is 1. The molecule has 1 aliphatic rings. The maximum absolute atomic E-state index is 4.43. The zero-order valence-corrected chi connectivity index (χ0v) is 10.4. The molecule has 2 heterocycles. The standard InChI is InChI=1S/C10H18N4S/c1-8-12-9(15-13-8)14-5-4-10(2,7-14)6-11-3/h11H,4-7H2,1-3H3. The monoisotopic (exact) mass is 226 g/mol. The smallest absolute Gasteiger partial charge is 0.205 e. The molecule has 1 atom stereocenters. The Labute approximate surface area is 94.9 Å². The number of anilines is 1. The molecular weight excluding hydrogens is 208 g/mol. The van der Waals surface area contributed by atoms with Crippen molar-refractivity contribution in [1.29, 1.82) is 0 Å². The third kappa shape index (κ3) is 2.29. The lowest BCUT2D eigenvalue weighted by Gasteiger charge is -2.23.